The minimum absolute atomic E-state index is 0.0245. The van der Waals surface area contributed by atoms with Crippen molar-refractivity contribution in [1.29, 1.82) is 0 Å². The van der Waals surface area contributed by atoms with Crippen LogP contribution in [-0.4, -0.2) is 43.5 Å². The van der Waals surface area contributed by atoms with E-state index in [1.807, 2.05) is 24.3 Å². The first-order chi connectivity index (χ1) is 14.0. The molecule has 0 fully saturated rings. The Balaban J connectivity index is 1.87. The quantitative estimate of drug-likeness (QED) is 0.427. The number of primary amides is 1. The molecule has 0 saturated carbocycles. The zero-order valence-corrected chi connectivity index (χ0v) is 16.4. The molecule has 0 aliphatic rings. The average molecular weight is 395 g/mol. The maximum Gasteiger partial charge on any atom is 0.254 e. The highest BCUT2D eigenvalue weighted by molar-refractivity contribution is 5.98. The fourth-order valence-corrected chi connectivity index (χ4v) is 2.89. The summed E-state index contributed by atoms with van der Waals surface area (Å²) in [6, 6.07) is 7.41. The lowest BCUT2D eigenvalue weighted by Gasteiger charge is -2.19. The zero-order chi connectivity index (χ0) is 20.8. The number of anilines is 3. The van der Waals surface area contributed by atoms with Gasteiger partial charge >= 0.3 is 0 Å². The number of amides is 1. The summed E-state index contributed by atoms with van der Waals surface area (Å²) in [6.07, 6.45) is 5.47. The minimum Gasteiger partial charge on any atom is -0.365 e. The number of aromatic nitrogens is 5. The van der Waals surface area contributed by atoms with Crippen LogP contribution in [0.4, 0.5) is 17.5 Å². The van der Waals surface area contributed by atoms with Crippen LogP contribution in [0.3, 0.4) is 0 Å². The normalized spacial score (nSPS) is 12.0. The van der Waals surface area contributed by atoms with E-state index >= 15 is 0 Å². The van der Waals surface area contributed by atoms with E-state index in [4.69, 9.17) is 11.5 Å². The lowest BCUT2D eigenvalue weighted by Crippen LogP contribution is -2.31. The first-order valence-electron chi connectivity index (χ1n) is 9.33. The minimum atomic E-state index is -0.624. The summed E-state index contributed by atoms with van der Waals surface area (Å²) in [5.74, 6) is 0.526. The standard InChI is InChI=1S/C19H25N9O/c1-12(2)8-14(10-20)26-19-22-11-16(17(21)29)18(27-19)25-13-4-3-5-15(9-13)28-23-6-7-24-28/h3-7,9,11-12,14H,8,10,20H2,1-2H3,(H2,21,29)(H2,22,25,26,27). The van der Waals surface area contributed by atoms with Crippen LogP contribution in [0.25, 0.3) is 5.69 Å². The molecule has 2 aromatic heterocycles. The van der Waals surface area contributed by atoms with Gasteiger partial charge in [0.25, 0.3) is 5.91 Å². The summed E-state index contributed by atoms with van der Waals surface area (Å²) < 4.78 is 0. The van der Waals surface area contributed by atoms with Gasteiger partial charge in [-0.2, -0.15) is 20.0 Å². The molecular formula is C19H25N9O. The largest absolute Gasteiger partial charge is 0.365 e. The average Bonchev–Trinajstić information content (AvgIpc) is 3.22. The Bertz CT molecular complexity index is 956. The molecule has 10 heteroatoms. The maximum atomic E-state index is 11.8. The van der Waals surface area contributed by atoms with Gasteiger partial charge in [0, 0.05) is 24.5 Å². The van der Waals surface area contributed by atoms with E-state index in [0.29, 0.717) is 29.9 Å². The van der Waals surface area contributed by atoms with Crippen molar-refractivity contribution >= 4 is 23.4 Å². The predicted molar refractivity (Wildman–Crippen MR) is 111 cm³/mol. The third-order valence-electron chi connectivity index (χ3n) is 4.19. The SMILES string of the molecule is CC(C)CC(CN)Nc1ncc(C(N)=O)c(Nc2cccc(-n3nccn3)c2)n1. The Hall–Kier alpha value is -3.53. The highest BCUT2D eigenvalue weighted by Crippen LogP contribution is 2.22. The van der Waals surface area contributed by atoms with E-state index in [9.17, 15) is 4.79 Å². The van der Waals surface area contributed by atoms with Crippen LogP contribution >= 0.6 is 0 Å². The number of carbonyl (C=O) groups is 1. The van der Waals surface area contributed by atoms with Gasteiger partial charge in [0.2, 0.25) is 5.95 Å². The Morgan fingerprint density at radius 1 is 1.24 bits per heavy atom. The molecular weight excluding hydrogens is 370 g/mol. The van der Waals surface area contributed by atoms with Gasteiger partial charge < -0.3 is 22.1 Å². The molecule has 0 spiro atoms. The summed E-state index contributed by atoms with van der Waals surface area (Å²) >= 11 is 0. The number of benzene rings is 1. The van der Waals surface area contributed by atoms with Gasteiger partial charge in [-0.3, -0.25) is 4.79 Å². The van der Waals surface area contributed by atoms with Crippen molar-refractivity contribution in [1.82, 2.24) is 25.0 Å². The number of nitrogens with zero attached hydrogens (tertiary/aromatic N) is 5. The summed E-state index contributed by atoms with van der Waals surface area (Å²) in [5, 5.41) is 14.6. The van der Waals surface area contributed by atoms with E-state index in [-0.39, 0.29) is 11.6 Å². The van der Waals surface area contributed by atoms with Gasteiger partial charge in [-0.15, -0.1) is 0 Å². The molecule has 6 N–H and O–H groups in total. The van der Waals surface area contributed by atoms with Crippen LogP contribution in [-0.2, 0) is 0 Å². The first kappa shape index (κ1) is 20.2. The van der Waals surface area contributed by atoms with E-state index < -0.39 is 5.91 Å². The van der Waals surface area contributed by atoms with Crippen molar-refractivity contribution in [2.24, 2.45) is 17.4 Å². The molecule has 1 aromatic carbocycles. The monoisotopic (exact) mass is 395 g/mol. The van der Waals surface area contributed by atoms with Gasteiger partial charge in [0.15, 0.2) is 0 Å². The third-order valence-corrected chi connectivity index (χ3v) is 4.19. The fourth-order valence-electron chi connectivity index (χ4n) is 2.89. The number of hydrogen-bond donors (Lipinski definition) is 4. The van der Waals surface area contributed by atoms with Crippen LogP contribution in [0, 0.1) is 5.92 Å². The molecule has 2 heterocycles. The van der Waals surface area contributed by atoms with Crippen LogP contribution in [0.15, 0.2) is 42.9 Å². The van der Waals surface area contributed by atoms with Gasteiger partial charge in [-0.1, -0.05) is 19.9 Å². The van der Waals surface area contributed by atoms with E-state index in [2.05, 4.69) is 44.6 Å². The number of hydrogen-bond acceptors (Lipinski definition) is 8. The predicted octanol–water partition coefficient (Wildman–Crippen LogP) is 1.69. The van der Waals surface area contributed by atoms with Crippen LogP contribution in [0.2, 0.25) is 0 Å². The topological polar surface area (TPSA) is 150 Å². The Labute approximate surface area is 168 Å². The number of nitrogens with two attached hydrogens (primary N) is 2. The van der Waals surface area contributed by atoms with Crippen molar-refractivity contribution in [2.45, 2.75) is 26.3 Å². The molecule has 3 aromatic rings. The maximum absolute atomic E-state index is 11.8. The molecule has 0 radical (unpaired) electrons. The van der Waals surface area contributed by atoms with Crippen molar-refractivity contribution in [2.75, 3.05) is 17.2 Å². The smallest absolute Gasteiger partial charge is 0.254 e. The van der Waals surface area contributed by atoms with Crippen LogP contribution in [0.1, 0.15) is 30.6 Å². The number of nitrogens with one attached hydrogen (secondary N) is 2. The summed E-state index contributed by atoms with van der Waals surface area (Å²) in [6.45, 7) is 4.69. The molecule has 10 nitrogen and oxygen atoms in total. The highest BCUT2D eigenvalue weighted by atomic mass is 16.1. The summed E-state index contributed by atoms with van der Waals surface area (Å²) in [7, 11) is 0. The first-order valence-corrected chi connectivity index (χ1v) is 9.33. The van der Waals surface area contributed by atoms with E-state index in [1.54, 1.807) is 12.4 Å². The van der Waals surface area contributed by atoms with E-state index in [0.717, 1.165) is 12.1 Å². The second-order valence-electron chi connectivity index (χ2n) is 7.02. The van der Waals surface area contributed by atoms with Gasteiger partial charge in [-0.05, 0) is 30.5 Å². The zero-order valence-electron chi connectivity index (χ0n) is 16.4. The molecule has 1 amide bonds. The van der Waals surface area contributed by atoms with Gasteiger partial charge in [0.1, 0.15) is 11.4 Å². The Morgan fingerprint density at radius 3 is 2.66 bits per heavy atom. The molecule has 0 saturated heterocycles. The Morgan fingerprint density at radius 2 is 2.00 bits per heavy atom. The molecule has 0 bridgehead atoms. The van der Waals surface area contributed by atoms with Crippen molar-refractivity contribution in [3.63, 3.8) is 0 Å². The second kappa shape index (κ2) is 9.11. The van der Waals surface area contributed by atoms with Crippen molar-refractivity contribution in [3.05, 3.63) is 48.4 Å². The molecule has 1 unspecified atom stereocenters. The Kier molecular flexibility index (Phi) is 6.35. The molecule has 0 aliphatic carbocycles. The molecule has 0 aliphatic heterocycles. The summed E-state index contributed by atoms with van der Waals surface area (Å²) in [5.41, 5.74) is 13.0. The highest BCUT2D eigenvalue weighted by Gasteiger charge is 2.15. The third kappa shape index (κ3) is 5.26. The van der Waals surface area contributed by atoms with E-state index in [1.165, 1.54) is 11.0 Å². The number of carbonyl (C=O) groups excluding carboxylic acids is 1. The lowest BCUT2D eigenvalue weighted by atomic mass is 10.0. The second-order valence-corrected chi connectivity index (χ2v) is 7.02. The lowest BCUT2D eigenvalue weighted by molar-refractivity contribution is 0.100. The van der Waals surface area contributed by atoms with Crippen LogP contribution < -0.4 is 22.1 Å². The number of rotatable bonds is 9. The molecule has 3 rings (SSSR count). The summed E-state index contributed by atoms with van der Waals surface area (Å²) in [4.78, 5) is 22.0. The molecule has 152 valence electrons. The van der Waals surface area contributed by atoms with Crippen molar-refractivity contribution in [3.8, 4) is 5.69 Å². The van der Waals surface area contributed by atoms with Crippen LogP contribution in [0.5, 0.6) is 0 Å². The molecule has 1 atom stereocenters. The fraction of sp³-hybridized carbons (Fsp3) is 0.316. The van der Waals surface area contributed by atoms with Gasteiger partial charge in [0.05, 0.1) is 18.1 Å². The molecule has 29 heavy (non-hydrogen) atoms. The van der Waals surface area contributed by atoms with Gasteiger partial charge in [-0.25, -0.2) is 4.98 Å². The van der Waals surface area contributed by atoms with Crippen molar-refractivity contribution < 1.29 is 4.79 Å².